The molecule has 0 aromatic carbocycles. The highest BCUT2D eigenvalue weighted by molar-refractivity contribution is 7.03. The second-order valence-corrected chi connectivity index (χ2v) is 2.28. The number of nitrogens with zero attached hydrogens (tertiary/aromatic N) is 3. The first-order valence-electron chi connectivity index (χ1n) is 2.77. The number of nitriles is 1. The molecule has 0 radical (unpaired) electrons. The fourth-order valence-electron chi connectivity index (χ4n) is 0.478. The number of aromatic nitrogens is 2. The van der Waals surface area contributed by atoms with Crippen LogP contribution in [0.3, 0.4) is 0 Å². The summed E-state index contributed by atoms with van der Waals surface area (Å²) in [5.74, 6) is 0.0375. The average molecular weight is 168 g/mol. The first-order chi connectivity index (χ1) is 5.33. The van der Waals surface area contributed by atoms with Crippen molar-refractivity contribution >= 4 is 23.3 Å². The predicted octanol–water partition coefficient (Wildman–Crippen LogP) is 0.390. The zero-order valence-electron chi connectivity index (χ0n) is 5.44. The minimum atomic E-state index is -0.361. The van der Waals surface area contributed by atoms with Gasteiger partial charge in [-0.25, -0.2) is 0 Å². The molecule has 11 heavy (non-hydrogen) atoms. The molecule has 0 aliphatic rings. The summed E-state index contributed by atoms with van der Waals surface area (Å²) in [5.41, 5.74) is 0. The molecule has 56 valence electrons. The molecule has 0 saturated carbocycles. The Balaban J connectivity index is 2.45. The monoisotopic (exact) mass is 168 g/mol. The van der Waals surface area contributed by atoms with E-state index in [1.807, 2.05) is 0 Å². The fourth-order valence-corrected chi connectivity index (χ4v) is 0.866. The van der Waals surface area contributed by atoms with Crippen molar-refractivity contribution in [2.75, 3.05) is 5.32 Å². The number of carbonyl (C=O) groups excluding carboxylic acids is 1. The van der Waals surface area contributed by atoms with Crippen LogP contribution >= 0.6 is 11.5 Å². The Hall–Kier alpha value is -1.48. The normalized spacial score (nSPS) is 8.64. The maximum absolute atomic E-state index is 10.7. The van der Waals surface area contributed by atoms with Crippen LogP contribution in [0.25, 0.3) is 0 Å². The number of carbonyl (C=O) groups is 1. The Labute approximate surface area is 66.8 Å². The van der Waals surface area contributed by atoms with Gasteiger partial charge >= 0.3 is 0 Å². The van der Waals surface area contributed by atoms with Gasteiger partial charge in [-0.15, -0.1) is 5.10 Å². The SMILES string of the molecule is N#CCC(=O)Nc1csnn1. The maximum atomic E-state index is 10.7. The third-order valence-electron chi connectivity index (χ3n) is 0.867. The van der Waals surface area contributed by atoms with Crippen molar-refractivity contribution in [3.05, 3.63) is 5.38 Å². The number of nitrogens with one attached hydrogen (secondary N) is 1. The third kappa shape index (κ3) is 2.31. The van der Waals surface area contributed by atoms with E-state index in [1.165, 1.54) is 0 Å². The van der Waals surface area contributed by atoms with Crippen LogP contribution in [0.1, 0.15) is 6.42 Å². The Morgan fingerprint density at radius 1 is 1.91 bits per heavy atom. The van der Waals surface area contributed by atoms with Crippen LogP contribution in [-0.2, 0) is 4.79 Å². The van der Waals surface area contributed by atoms with Crippen molar-refractivity contribution in [1.82, 2.24) is 9.59 Å². The van der Waals surface area contributed by atoms with Crippen molar-refractivity contribution < 1.29 is 4.79 Å². The molecule has 0 spiro atoms. The van der Waals surface area contributed by atoms with Crippen LogP contribution in [0.5, 0.6) is 0 Å². The molecule has 0 aliphatic heterocycles. The lowest BCUT2D eigenvalue weighted by molar-refractivity contribution is -0.115. The molecule has 0 aliphatic carbocycles. The summed E-state index contributed by atoms with van der Waals surface area (Å²) in [6, 6.07) is 1.72. The summed E-state index contributed by atoms with van der Waals surface area (Å²) in [6.45, 7) is 0. The van der Waals surface area contributed by atoms with Crippen LogP contribution < -0.4 is 5.32 Å². The van der Waals surface area contributed by atoms with Gasteiger partial charge in [0, 0.05) is 0 Å². The summed E-state index contributed by atoms with van der Waals surface area (Å²) < 4.78 is 3.53. The Kier molecular flexibility index (Phi) is 2.52. The topological polar surface area (TPSA) is 78.7 Å². The zero-order chi connectivity index (χ0) is 8.10. The highest BCUT2D eigenvalue weighted by atomic mass is 32.1. The van der Waals surface area contributed by atoms with Crippen LogP contribution in [0.2, 0.25) is 0 Å². The van der Waals surface area contributed by atoms with E-state index in [2.05, 4.69) is 14.9 Å². The minimum Gasteiger partial charge on any atom is -0.308 e. The van der Waals surface area contributed by atoms with E-state index in [9.17, 15) is 4.79 Å². The van der Waals surface area contributed by atoms with E-state index < -0.39 is 0 Å². The third-order valence-corrected chi connectivity index (χ3v) is 1.37. The van der Waals surface area contributed by atoms with Gasteiger partial charge in [0.25, 0.3) is 0 Å². The van der Waals surface area contributed by atoms with Gasteiger partial charge in [-0.3, -0.25) is 4.79 Å². The van der Waals surface area contributed by atoms with Crippen LogP contribution in [0.4, 0.5) is 5.82 Å². The minimum absolute atomic E-state index is 0.155. The lowest BCUT2D eigenvalue weighted by Crippen LogP contribution is -2.10. The van der Waals surface area contributed by atoms with Crippen molar-refractivity contribution in [3.63, 3.8) is 0 Å². The molecule has 1 rings (SSSR count). The summed E-state index contributed by atoms with van der Waals surface area (Å²) in [4.78, 5) is 10.7. The lowest BCUT2D eigenvalue weighted by atomic mass is 10.4. The largest absolute Gasteiger partial charge is 0.308 e. The van der Waals surface area contributed by atoms with Gasteiger partial charge in [0.15, 0.2) is 5.82 Å². The molecule has 1 amide bonds. The van der Waals surface area contributed by atoms with E-state index in [0.717, 1.165) is 11.5 Å². The summed E-state index contributed by atoms with van der Waals surface area (Å²) in [7, 11) is 0. The number of hydrogen-bond acceptors (Lipinski definition) is 5. The van der Waals surface area contributed by atoms with Gasteiger partial charge in [0.1, 0.15) is 6.42 Å². The Bertz CT molecular complexity index is 275. The molecule has 0 fully saturated rings. The molecule has 1 heterocycles. The summed E-state index contributed by atoms with van der Waals surface area (Å²) in [5, 5.41) is 15.7. The van der Waals surface area contributed by atoms with Crippen molar-refractivity contribution in [1.29, 1.82) is 5.26 Å². The van der Waals surface area contributed by atoms with Crippen molar-refractivity contribution in [2.45, 2.75) is 6.42 Å². The van der Waals surface area contributed by atoms with Gasteiger partial charge in [0.2, 0.25) is 5.91 Å². The van der Waals surface area contributed by atoms with E-state index in [4.69, 9.17) is 5.26 Å². The van der Waals surface area contributed by atoms with Crippen molar-refractivity contribution in [2.24, 2.45) is 0 Å². The zero-order valence-corrected chi connectivity index (χ0v) is 6.26. The molecule has 0 bridgehead atoms. The van der Waals surface area contributed by atoms with E-state index in [0.29, 0.717) is 5.82 Å². The summed E-state index contributed by atoms with van der Waals surface area (Å²) >= 11 is 1.14. The molecule has 0 atom stereocenters. The van der Waals surface area contributed by atoms with E-state index in [-0.39, 0.29) is 12.3 Å². The number of anilines is 1. The second kappa shape index (κ2) is 3.63. The summed E-state index contributed by atoms with van der Waals surface area (Å²) in [6.07, 6.45) is -0.155. The molecular formula is C5H4N4OS. The van der Waals surface area contributed by atoms with Gasteiger partial charge in [-0.2, -0.15) is 5.26 Å². The Morgan fingerprint density at radius 3 is 3.27 bits per heavy atom. The van der Waals surface area contributed by atoms with Crippen LogP contribution in [0, 0.1) is 11.3 Å². The molecule has 5 nitrogen and oxygen atoms in total. The highest BCUT2D eigenvalue weighted by Crippen LogP contribution is 2.02. The predicted molar refractivity (Wildman–Crippen MR) is 38.8 cm³/mol. The van der Waals surface area contributed by atoms with Gasteiger partial charge < -0.3 is 5.32 Å². The van der Waals surface area contributed by atoms with Gasteiger partial charge in [0.05, 0.1) is 11.4 Å². The smallest absolute Gasteiger partial charge is 0.239 e. The van der Waals surface area contributed by atoms with Gasteiger partial charge in [-0.05, 0) is 11.5 Å². The molecule has 6 heteroatoms. The Morgan fingerprint density at radius 2 is 2.73 bits per heavy atom. The highest BCUT2D eigenvalue weighted by Gasteiger charge is 2.01. The van der Waals surface area contributed by atoms with Crippen molar-refractivity contribution in [3.8, 4) is 6.07 Å². The van der Waals surface area contributed by atoms with Crippen LogP contribution in [-0.4, -0.2) is 15.5 Å². The lowest BCUT2D eigenvalue weighted by Gasteiger charge is -1.93. The number of rotatable bonds is 2. The maximum Gasteiger partial charge on any atom is 0.239 e. The number of hydrogen-bond donors (Lipinski definition) is 1. The molecule has 1 N–H and O–H groups in total. The fraction of sp³-hybridized carbons (Fsp3) is 0.200. The van der Waals surface area contributed by atoms with Gasteiger partial charge in [-0.1, -0.05) is 4.49 Å². The second-order valence-electron chi connectivity index (χ2n) is 1.67. The van der Waals surface area contributed by atoms with Crippen LogP contribution in [0.15, 0.2) is 5.38 Å². The van der Waals surface area contributed by atoms with E-state index in [1.54, 1.807) is 11.4 Å². The molecule has 0 saturated heterocycles. The molecular weight excluding hydrogens is 164 g/mol. The molecule has 0 unspecified atom stereocenters. The first kappa shape index (κ1) is 7.63. The average Bonchev–Trinajstić information content (AvgIpc) is 2.40. The quantitative estimate of drug-likeness (QED) is 0.692. The first-order valence-corrected chi connectivity index (χ1v) is 3.60. The molecule has 1 aromatic rings. The van der Waals surface area contributed by atoms with E-state index >= 15 is 0 Å². The number of amides is 1. The molecule has 1 aromatic heterocycles. The standard InChI is InChI=1S/C5H4N4OS/c6-2-1-5(10)7-4-3-11-9-8-4/h3H,1H2,(H,7,10).